The first kappa shape index (κ1) is 21.9. The maximum absolute atomic E-state index is 6.75. The number of allylic oxidation sites excluding steroid dienone is 2. The number of benzene rings is 1. The highest BCUT2D eigenvalue weighted by atomic mass is 28.4. The summed E-state index contributed by atoms with van der Waals surface area (Å²) in [5.41, 5.74) is 2.15. The fourth-order valence-corrected chi connectivity index (χ4v) is 5.08. The van der Waals surface area contributed by atoms with Gasteiger partial charge >= 0.3 is 0 Å². The molecule has 1 aromatic rings. The predicted molar refractivity (Wildman–Crippen MR) is 113 cm³/mol. The molecule has 0 aromatic heterocycles. The minimum atomic E-state index is -1.96. The summed E-state index contributed by atoms with van der Waals surface area (Å²) in [6.07, 6.45) is 7.36. The molecule has 0 N–H and O–H groups in total. The maximum Gasteiger partial charge on any atom is 0.235 e. The first-order valence-electron chi connectivity index (χ1n) is 9.56. The fourth-order valence-electron chi connectivity index (χ4n) is 3.80. The van der Waals surface area contributed by atoms with Gasteiger partial charge in [0, 0.05) is 19.8 Å². The van der Waals surface area contributed by atoms with Crippen LogP contribution in [0.2, 0.25) is 19.6 Å². The molecule has 0 bridgehead atoms. The van der Waals surface area contributed by atoms with Gasteiger partial charge in [0.1, 0.15) is 5.75 Å². The van der Waals surface area contributed by atoms with E-state index < -0.39 is 19.7 Å². The molecule has 0 saturated heterocycles. The van der Waals surface area contributed by atoms with Gasteiger partial charge in [0.05, 0.1) is 12.7 Å². The molecular formula is C22H34O4Si. The van der Waals surface area contributed by atoms with Crippen LogP contribution in [-0.4, -0.2) is 29.6 Å². The minimum absolute atomic E-state index is 0.740. The van der Waals surface area contributed by atoms with Crippen molar-refractivity contribution in [3.05, 3.63) is 53.6 Å². The van der Waals surface area contributed by atoms with Gasteiger partial charge in [-0.1, -0.05) is 43.7 Å². The molecule has 4 nitrogen and oxygen atoms in total. The summed E-state index contributed by atoms with van der Waals surface area (Å²) in [5.74, 6) is -0.319. The van der Waals surface area contributed by atoms with Crippen LogP contribution in [0, 0.1) is 0 Å². The number of ether oxygens (including phenoxy) is 3. The summed E-state index contributed by atoms with van der Waals surface area (Å²) in [4.78, 5) is 0. The Hall–Kier alpha value is -1.40. The molecule has 1 aliphatic rings. The Bertz CT molecular complexity index is 701. The van der Waals surface area contributed by atoms with E-state index in [4.69, 9.17) is 18.6 Å². The molecule has 0 fully saturated rings. The van der Waals surface area contributed by atoms with Crippen LogP contribution >= 0.6 is 0 Å². The summed E-state index contributed by atoms with van der Waals surface area (Å²) < 4.78 is 24.3. The second-order valence-electron chi connectivity index (χ2n) is 7.95. The first-order valence-corrected chi connectivity index (χ1v) is 13.0. The highest BCUT2D eigenvalue weighted by Crippen LogP contribution is 2.62. The Labute approximate surface area is 165 Å². The van der Waals surface area contributed by atoms with Gasteiger partial charge in [-0.05, 0) is 44.6 Å². The molecule has 0 spiro atoms. The molecule has 0 amide bonds. The largest absolute Gasteiger partial charge is 0.496 e. The summed E-state index contributed by atoms with van der Waals surface area (Å²) in [6, 6.07) is 5.97. The molecule has 0 saturated carbocycles. The Morgan fingerprint density at radius 1 is 1.15 bits per heavy atom. The van der Waals surface area contributed by atoms with E-state index in [-0.39, 0.29) is 0 Å². The number of unbranched alkanes of at least 4 members (excludes halogenated alkanes) is 1. The quantitative estimate of drug-likeness (QED) is 0.300. The molecule has 1 aliphatic carbocycles. The van der Waals surface area contributed by atoms with Crippen molar-refractivity contribution in [1.82, 2.24) is 0 Å². The van der Waals surface area contributed by atoms with Crippen molar-refractivity contribution < 1.29 is 18.6 Å². The summed E-state index contributed by atoms with van der Waals surface area (Å²) in [6.45, 7) is 12.9. The van der Waals surface area contributed by atoms with E-state index in [2.05, 4.69) is 51.4 Å². The average molecular weight is 391 g/mol. The summed E-state index contributed by atoms with van der Waals surface area (Å²) >= 11 is 0. The van der Waals surface area contributed by atoms with Crippen molar-refractivity contribution in [1.29, 1.82) is 0 Å². The number of methoxy groups -OCH3 is 3. The van der Waals surface area contributed by atoms with Crippen LogP contribution in [0.4, 0.5) is 0 Å². The van der Waals surface area contributed by atoms with Crippen molar-refractivity contribution in [2.24, 2.45) is 0 Å². The predicted octanol–water partition coefficient (Wildman–Crippen LogP) is 5.50. The number of fused-ring (bicyclic) bond motifs is 1. The monoisotopic (exact) mass is 390 g/mol. The fraction of sp³-hybridized carbons (Fsp3) is 0.545. The lowest BCUT2D eigenvalue weighted by Crippen LogP contribution is -2.64. The Kier molecular flexibility index (Phi) is 6.74. The standard InChI is InChI=1S/C22H34O4Si/c1-9-10-12-17(2)15-16-21(26-27(6,7)8)18-13-11-14-19(23-3)20(18)22(21,24-4)25-5/h11,13-16H,2,9-10,12H2,1,3-8H3/b16-15-. The summed E-state index contributed by atoms with van der Waals surface area (Å²) in [7, 11) is 3.01. The zero-order valence-electron chi connectivity index (χ0n) is 17.8. The molecule has 2 rings (SSSR count). The minimum Gasteiger partial charge on any atom is -0.496 e. The summed E-state index contributed by atoms with van der Waals surface area (Å²) in [5, 5.41) is 0. The molecule has 5 heteroatoms. The van der Waals surface area contributed by atoms with E-state index in [1.54, 1.807) is 21.3 Å². The van der Waals surface area contributed by atoms with Crippen molar-refractivity contribution in [3.8, 4) is 5.75 Å². The third-order valence-corrected chi connectivity index (χ3v) is 5.85. The van der Waals surface area contributed by atoms with Crippen molar-refractivity contribution in [2.45, 2.75) is 57.2 Å². The number of hydrogen-bond donors (Lipinski definition) is 0. The highest BCUT2D eigenvalue weighted by Gasteiger charge is 2.67. The van der Waals surface area contributed by atoms with E-state index in [0.717, 1.165) is 41.7 Å². The topological polar surface area (TPSA) is 36.9 Å². The SMILES string of the molecule is C=C(/C=C\C1(O[Si](C)(C)C)c2cccc(OC)c2C1(OC)OC)CCCC. The zero-order valence-corrected chi connectivity index (χ0v) is 18.8. The molecule has 27 heavy (non-hydrogen) atoms. The molecule has 0 aliphatic heterocycles. The molecular weight excluding hydrogens is 356 g/mol. The van der Waals surface area contributed by atoms with E-state index in [9.17, 15) is 0 Å². The van der Waals surface area contributed by atoms with Gasteiger partial charge in [0.2, 0.25) is 5.79 Å². The zero-order chi connectivity index (χ0) is 20.3. The second kappa shape index (κ2) is 8.31. The van der Waals surface area contributed by atoms with E-state index in [1.807, 2.05) is 12.1 Å². The lowest BCUT2D eigenvalue weighted by atomic mass is 9.66. The number of hydrogen-bond acceptors (Lipinski definition) is 4. The van der Waals surface area contributed by atoms with Crippen LogP contribution in [0.5, 0.6) is 5.75 Å². The smallest absolute Gasteiger partial charge is 0.235 e. The Morgan fingerprint density at radius 2 is 1.81 bits per heavy atom. The molecule has 1 unspecified atom stereocenters. The second-order valence-corrected chi connectivity index (χ2v) is 12.4. The molecule has 1 atom stereocenters. The van der Waals surface area contributed by atoms with Gasteiger partial charge in [-0.2, -0.15) is 0 Å². The molecule has 150 valence electrons. The third-order valence-electron chi connectivity index (χ3n) is 4.91. The lowest BCUT2D eigenvalue weighted by molar-refractivity contribution is -0.319. The van der Waals surface area contributed by atoms with Crippen molar-refractivity contribution in [3.63, 3.8) is 0 Å². The molecule has 0 radical (unpaired) electrons. The van der Waals surface area contributed by atoms with Crippen LogP contribution < -0.4 is 4.74 Å². The van der Waals surface area contributed by atoms with Crippen LogP contribution in [0.3, 0.4) is 0 Å². The van der Waals surface area contributed by atoms with Crippen LogP contribution in [0.25, 0.3) is 0 Å². The van der Waals surface area contributed by atoms with Gasteiger partial charge in [-0.3, -0.25) is 0 Å². The van der Waals surface area contributed by atoms with Crippen LogP contribution in [0.1, 0.15) is 37.3 Å². The van der Waals surface area contributed by atoms with E-state index >= 15 is 0 Å². The molecule has 0 heterocycles. The Morgan fingerprint density at radius 3 is 2.33 bits per heavy atom. The third kappa shape index (κ3) is 3.79. The molecule has 1 aromatic carbocycles. The van der Waals surface area contributed by atoms with Gasteiger partial charge in [0.25, 0.3) is 0 Å². The van der Waals surface area contributed by atoms with Crippen LogP contribution in [-0.2, 0) is 25.3 Å². The van der Waals surface area contributed by atoms with E-state index in [0.29, 0.717) is 0 Å². The van der Waals surface area contributed by atoms with Crippen LogP contribution in [0.15, 0.2) is 42.5 Å². The first-order chi connectivity index (χ1) is 12.7. The van der Waals surface area contributed by atoms with Gasteiger partial charge < -0.3 is 18.6 Å². The lowest BCUT2D eigenvalue weighted by Gasteiger charge is -2.58. The van der Waals surface area contributed by atoms with Gasteiger partial charge in [-0.25, -0.2) is 0 Å². The normalized spacial score (nSPS) is 21.0. The maximum atomic E-state index is 6.75. The van der Waals surface area contributed by atoms with Gasteiger partial charge in [0.15, 0.2) is 13.9 Å². The average Bonchev–Trinajstić information content (AvgIpc) is 2.63. The number of rotatable bonds is 10. The van der Waals surface area contributed by atoms with E-state index in [1.165, 1.54) is 0 Å². The van der Waals surface area contributed by atoms with Crippen molar-refractivity contribution in [2.75, 3.05) is 21.3 Å². The van der Waals surface area contributed by atoms with Crippen molar-refractivity contribution >= 4 is 8.32 Å². The highest BCUT2D eigenvalue weighted by molar-refractivity contribution is 6.69. The van der Waals surface area contributed by atoms with Gasteiger partial charge in [-0.15, -0.1) is 0 Å². The Balaban J connectivity index is 2.63.